The second kappa shape index (κ2) is 7.45. The first-order valence-electron chi connectivity index (χ1n) is 9.88. The average Bonchev–Trinajstić information content (AvgIpc) is 3.17. The lowest BCUT2D eigenvalue weighted by Gasteiger charge is -2.52. The predicted octanol–water partition coefficient (Wildman–Crippen LogP) is 3.17. The molecule has 0 radical (unpaired) electrons. The Labute approximate surface area is 151 Å². The Hall–Kier alpha value is -1.41. The van der Waals surface area contributed by atoms with E-state index in [2.05, 4.69) is 21.9 Å². The molecule has 3 fully saturated rings. The van der Waals surface area contributed by atoms with Crippen LogP contribution in [0.5, 0.6) is 0 Å². The summed E-state index contributed by atoms with van der Waals surface area (Å²) in [4.78, 5) is 5.26. The van der Waals surface area contributed by atoms with Gasteiger partial charge in [-0.15, -0.1) is 0 Å². The van der Waals surface area contributed by atoms with Crippen molar-refractivity contribution in [3.63, 3.8) is 0 Å². The molecule has 0 N–H and O–H groups in total. The van der Waals surface area contributed by atoms with E-state index in [1.807, 2.05) is 18.2 Å². The molecule has 4 rings (SSSR count). The molecule has 2 atom stereocenters. The predicted molar refractivity (Wildman–Crippen MR) is 98.2 cm³/mol. The van der Waals surface area contributed by atoms with Crippen LogP contribution in [-0.2, 0) is 11.3 Å². The molecule has 0 unspecified atom stereocenters. The van der Waals surface area contributed by atoms with Gasteiger partial charge in [0.15, 0.2) is 0 Å². The minimum atomic E-state index is 0.0215. The first-order chi connectivity index (χ1) is 12.3. The zero-order valence-electron chi connectivity index (χ0n) is 15.1. The van der Waals surface area contributed by atoms with Gasteiger partial charge in [-0.05, 0) is 56.5 Å². The Kier molecular flexibility index (Phi) is 5.08. The summed E-state index contributed by atoms with van der Waals surface area (Å²) in [5, 5.41) is 9.13. The Balaban J connectivity index is 1.49. The maximum Gasteiger partial charge on any atom is 0.0991 e. The molecule has 1 spiro atoms. The second-order valence-electron chi connectivity index (χ2n) is 7.94. The molecule has 2 saturated heterocycles. The van der Waals surface area contributed by atoms with Crippen molar-refractivity contribution in [1.29, 1.82) is 5.26 Å². The van der Waals surface area contributed by atoms with Gasteiger partial charge in [0.05, 0.1) is 23.8 Å². The van der Waals surface area contributed by atoms with Crippen LogP contribution in [0.25, 0.3) is 0 Å². The molecule has 2 aliphatic heterocycles. The van der Waals surface area contributed by atoms with Crippen LogP contribution >= 0.6 is 0 Å². The van der Waals surface area contributed by atoms with Crippen molar-refractivity contribution < 1.29 is 4.74 Å². The van der Waals surface area contributed by atoms with Crippen molar-refractivity contribution >= 4 is 0 Å². The molecule has 0 amide bonds. The summed E-state index contributed by atoms with van der Waals surface area (Å²) in [6.07, 6.45) is 7.81. The molecule has 1 aliphatic carbocycles. The summed E-state index contributed by atoms with van der Waals surface area (Å²) in [6, 6.07) is 10.9. The maximum atomic E-state index is 9.13. The zero-order valence-corrected chi connectivity index (χ0v) is 15.1. The van der Waals surface area contributed by atoms with Gasteiger partial charge in [0.1, 0.15) is 0 Å². The van der Waals surface area contributed by atoms with E-state index >= 15 is 0 Å². The van der Waals surface area contributed by atoms with E-state index < -0.39 is 0 Å². The number of ether oxygens (including phenoxy) is 1. The first kappa shape index (κ1) is 17.0. The molecule has 0 aromatic heterocycles. The molecule has 25 heavy (non-hydrogen) atoms. The third-order valence-electron chi connectivity index (χ3n) is 6.27. The fraction of sp³-hybridized carbons (Fsp3) is 0.667. The van der Waals surface area contributed by atoms with Crippen molar-refractivity contribution in [3.05, 3.63) is 35.4 Å². The number of hydrogen-bond donors (Lipinski definition) is 0. The van der Waals surface area contributed by atoms with Crippen LogP contribution in [0.2, 0.25) is 0 Å². The number of benzene rings is 1. The van der Waals surface area contributed by atoms with E-state index in [4.69, 9.17) is 10.00 Å². The highest BCUT2D eigenvalue weighted by molar-refractivity contribution is 5.32. The van der Waals surface area contributed by atoms with Crippen LogP contribution < -0.4 is 0 Å². The fourth-order valence-electron chi connectivity index (χ4n) is 5.13. The lowest BCUT2D eigenvalue weighted by atomic mass is 9.78. The molecule has 0 bridgehead atoms. The van der Waals surface area contributed by atoms with E-state index in [1.165, 1.54) is 57.2 Å². The van der Waals surface area contributed by atoms with Crippen LogP contribution in [0, 0.1) is 11.3 Å². The summed E-state index contributed by atoms with van der Waals surface area (Å²) in [7, 11) is 0. The van der Waals surface area contributed by atoms with E-state index in [1.54, 1.807) is 0 Å². The average molecular weight is 339 g/mol. The SMILES string of the molecule is N#Cc1cccc(CN2CCO[C@@]3(CCCC[C@@H]3N3CCCC3)C2)c1. The molecule has 1 aromatic rings. The highest BCUT2D eigenvalue weighted by Crippen LogP contribution is 2.39. The van der Waals surface area contributed by atoms with E-state index in [0.29, 0.717) is 6.04 Å². The number of likely N-dealkylation sites (tertiary alicyclic amines) is 1. The van der Waals surface area contributed by atoms with Crippen molar-refractivity contribution in [2.24, 2.45) is 0 Å². The van der Waals surface area contributed by atoms with Crippen molar-refractivity contribution in [2.45, 2.75) is 56.7 Å². The van der Waals surface area contributed by atoms with Gasteiger partial charge in [0, 0.05) is 25.7 Å². The van der Waals surface area contributed by atoms with Gasteiger partial charge in [-0.3, -0.25) is 9.80 Å². The lowest BCUT2D eigenvalue weighted by molar-refractivity contribution is -0.165. The summed E-state index contributed by atoms with van der Waals surface area (Å²) < 4.78 is 6.51. The van der Waals surface area contributed by atoms with Gasteiger partial charge in [-0.2, -0.15) is 5.26 Å². The Morgan fingerprint density at radius 3 is 2.88 bits per heavy atom. The third-order valence-corrected chi connectivity index (χ3v) is 6.27. The van der Waals surface area contributed by atoms with Gasteiger partial charge >= 0.3 is 0 Å². The van der Waals surface area contributed by atoms with Gasteiger partial charge in [0.25, 0.3) is 0 Å². The molecule has 1 saturated carbocycles. The molecule has 1 aromatic carbocycles. The molecule has 3 aliphatic rings. The Morgan fingerprint density at radius 1 is 1.16 bits per heavy atom. The monoisotopic (exact) mass is 339 g/mol. The molecular weight excluding hydrogens is 310 g/mol. The van der Waals surface area contributed by atoms with Crippen LogP contribution in [-0.4, -0.2) is 54.2 Å². The Morgan fingerprint density at radius 2 is 2.04 bits per heavy atom. The number of hydrogen-bond acceptors (Lipinski definition) is 4. The van der Waals surface area contributed by atoms with E-state index in [-0.39, 0.29) is 5.60 Å². The van der Waals surface area contributed by atoms with Gasteiger partial charge in [-0.1, -0.05) is 25.0 Å². The van der Waals surface area contributed by atoms with Crippen LogP contribution in [0.1, 0.15) is 49.7 Å². The summed E-state index contributed by atoms with van der Waals surface area (Å²) >= 11 is 0. The largest absolute Gasteiger partial charge is 0.371 e. The van der Waals surface area contributed by atoms with Gasteiger partial charge in [0.2, 0.25) is 0 Å². The topological polar surface area (TPSA) is 39.5 Å². The van der Waals surface area contributed by atoms with Crippen LogP contribution in [0.15, 0.2) is 24.3 Å². The molecule has 4 nitrogen and oxygen atoms in total. The van der Waals surface area contributed by atoms with Gasteiger partial charge < -0.3 is 4.74 Å². The van der Waals surface area contributed by atoms with Crippen molar-refractivity contribution in [3.8, 4) is 6.07 Å². The van der Waals surface area contributed by atoms with Crippen LogP contribution in [0.4, 0.5) is 0 Å². The smallest absolute Gasteiger partial charge is 0.0991 e. The van der Waals surface area contributed by atoms with Gasteiger partial charge in [-0.25, -0.2) is 0 Å². The summed E-state index contributed by atoms with van der Waals surface area (Å²) in [5.74, 6) is 0. The quantitative estimate of drug-likeness (QED) is 0.848. The first-order valence-corrected chi connectivity index (χ1v) is 9.88. The number of nitrogens with zero attached hydrogens (tertiary/aromatic N) is 3. The molecule has 4 heteroatoms. The number of morpholine rings is 1. The Bertz CT molecular complexity index is 630. The van der Waals surface area contributed by atoms with E-state index in [9.17, 15) is 0 Å². The molecular formula is C21H29N3O. The summed E-state index contributed by atoms with van der Waals surface area (Å²) in [6.45, 7) is 6.28. The fourth-order valence-corrected chi connectivity index (χ4v) is 5.13. The third kappa shape index (κ3) is 3.60. The minimum absolute atomic E-state index is 0.0215. The standard InChI is InChI=1S/C21H29N3O/c22-15-18-6-5-7-19(14-18)16-23-12-13-25-21(17-23)9-2-1-8-20(21)24-10-3-4-11-24/h5-7,14,20H,1-4,8-13,16-17H2/t20-,21-/m0/s1. The van der Waals surface area contributed by atoms with Crippen molar-refractivity contribution in [2.75, 3.05) is 32.8 Å². The number of nitriles is 1. The van der Waals surface area contributed by atoms with Crippen molar-refractivity contribution in [1.82, 2.24) is 9.80 Å². The van der Waals surface area contributed by atoms with Crippen LogP contribution in [0.3, 0.4) is 0 Å². The second-order valence-corrected chi connectivity index (χ2v) is 7.94. The minimum Gasteiger partial charge on any atom is -0.371 e. The lowest BCUT2D eigenvalue weighted by Crippen LogP contribution is -2.63. The summed E-state index contributed by atoms with van der Waals surface area (Å²) in [5.41, 5.74) is 2.02. The highest BCUT2D eigenvalue weighted by atomic mass is 16.5. The molecule has 2 heterocycles. The normalized spacial score (nSPS) is 31.2. The number of rotatable bonds is 3. The highest BCUT2D eigenvalue weighted by Gasteiger charge is 2.47. The zero-order chi connectivity index (χ0) is 17.1. The maximum absolute atomic E-state index is 9.13. The molecule has 134 valence electrons. The van der Waals surface area contributed by atoms with E-state index in [0.717, 1.165) is 31.8 Å².